The molecule has 128 valence electrons. The number of alkyl carbamates (subject to hydrolysis) is 1. The lowest BCUT2D eigenvalue weighted by molar-refractivity contribution is 0.0519. The van der Waals surface area contributed by atoms with Crippen molar-refractivity contribution in [1.29, 1.82) is 0 Å². The molecule has 1 aromatic rings. The highest BCUT2D eigenvalue weighted by Gasteiger charge is 2.28. The fraction of sp³-hybridized carbons (Fsp3) is 0.588. The Balaban J connectivity index is 1.90. The molecule has 0 heterocycles. The second kappa shape index (κ2) is 7.51. The van der Waals surface area contributed by atoms with Crippen molar-refractivity contribution in [2.45, 2.75) is 51.7 Å². The third-order valence-corrected chi connectivity index (χ3v) is 4.33. The van der Waals surface area contributed by atoms with Gasteiger partial charge in [0, 0.05) is 17.1 Å². The molecule has 23 heavy (non-hydrogen) atoms. The zero-order chi connectivity index (χ0) is 17.0. The summed E-state index contributed by atoms with van der Waals surface area (Å²) in [4.78, 5) is 11.8. The smallest absolute Gasteiger partial charge is 0.407 e. The van der Waals surface area contributed by atoms with Gasteiger partial charge in [0.2, 0.25) is 0 Å². The molecule has 0 spiro atoms. The molecule has 1 amide bonds. The number of carbonyl (C=O) groups excluding carboxylic acids is 1. The number of hydrogen-bond acceptors (Lipinski definition) is 3. The van der Waals surface area contributed by atoms with Gasteiger partial charge in [-0.1, -0.05) is 22.4 Å². The summed E-state index contributed by atoms with van der Waals surface area (Å²) in [7, 11) is 0. The number of anilines is 1. The normalized spacial score (nSPS) is 21.1. The van der Waals surface area contributed by atoms with Crippen molar-refractivity contribution in [2.24, 2.45) is 5.92 Å². The average Bonchev–Trinajstić information content (AvgIpc) is 2.86. The van der Waals surface area contributed by atoms with Crippen molar-refractivity contribution in [3.63, 3.8) is 0 Å². The minimum Gasteiger partial charge on any atom is -0.444 e. The van der Waals surface area contributed by atoms with E-state index in [1.54, 1.807) is 12.1 Å². The van der Waals surface area contributed by atoms with E-state index in [2.05, 4.69) is 26.6 Å². The Kier molecular flexibility index (Phi) is 5.89. The Morgan fingerprint density at radius 2 is 2.13 bits per heavy atom. The third-order valence-electron chi connectivity index (χ3n) is 3.84. The molecule has 0 aliphatic heterocycles. The van der Waals surface area contributed by atoms with Gasteiger partial charge in [0.25, 0.3) is 0 Å². The molecule has 1 aliphatic carbocycles. The maximum Gasteiger partial charge on any atom is 0.407 e. The van der Waals surface area contributed by atoms with Crippen LogP contribution in [0.25, 0.3) is 0 Å². The highest BCUT2D eigenvalue weighted by Crippen LogP contribution is 2.30. The second-order valence-electron chi connectivity index (χ2n) is 6.95. The van der Waals surface area contributed by atoms with Crippen LogP contribution in [-0.2, 0) is 4.74 Å². The van der Waals surface area contributed by atoms with Crippen molar-refractivity contribution in [3.8, 4) is 0 Å². The van der Waals surface area contributed by atoms with Gasteiger partial charge in [0.1, 0.15) is 11.4 Å². The fourth-order valence-corrected chi connectivity index (χ4v) is 3.17. The molecule has 1 saturated carbocycles. The average molecular weight is 387 g/mol. The van der Waals surface area contributed by atoms with Crippen LogP contribution in [0.15, 0.2) is 22.7 Å². The number of halogens is 2. The molecular weight excluding hydrogens is 363 g/mol. The fourth-order valence-electron chi connectivity index (χ4n) is 2.81. The van der Waals surface area contributed by atoms with E-state index in [0.29, 0.717) is 12.2 Å². The number of hydrogen-bond donors (Lipinski definition) is 2. The first-order valence-electron chi connectivity index (χ1n) is 7.93. The van der Waals surface area contributed by atoms with E-state index in [9.17, 15) is 9.18 Å². The van der Waals surface area contributed by atoms with E-state index >= 15 is 0 Å². The quantitative estimate of drug-likeness (QED) is 0.788. The molecule has 1 aliphatic rings. The van der Waals surface area contributed by atoms with E-state index in [0.717, 1.165) is 23.7 Å². The SMILES string of the molecule is CC(C)(C)OC(=O)NCC1CCCC1Nc1cc(Br)ccc1F. The minimum atomic E-state index is -0.503. The molecule has 0 bridgehead atoms. The molecular formula is C17H24BrFN2O2. The van der Waals surface area contributed by atoms with Gasteiger partial charge in [-0.2, -0.15) is 0 Å². The molecule has 2 unspecified atom stereocenters. The van der Waals surface area contributed by atoms with Gasteiger partial charge < -0.3 is 15.4 Å². The van der Waals surface area contributed by atoms with Crippen LogP contribution in [0.3, 0.4) is 0 Å². The van der Waals surface area contributed by atoms with Gasteiger partial charge in [-0.05, 0) is 57.7 Å². The number of carbonyl (C=O) groups is 1. The summed E-state index contributed by atoms with van der Waals surface area (Å²) in [6.07, 6.45) is 2.63. The standard InChI is InChI=1S/C17H24BrFN2O2/c1-17(2,3)23-16(22)20-10-11-5-4-6-14(11)21-15-9-12(18)7-8-13(15)19/h7-9,11,14,21H,4-6,10H2,1-3H3,(H,20,22). The van der Waals surface area contributed by atoms with E-state index in [1.165, 1.54) is 6.07 Å². The number of nitrogens with one attached hydrogen (secondary N) is 2. The van der Waals surface area contributed by atoms with E-state index in [1.807, 2.05) is 20.8 Å². The summed E-state index contributed by atoms with van der Waals surface area (Å²) in [5.41, 5.74) is -0.00910. The van der Waals surface area contributed by atoms with E-state index in [4.69, 9.17) is 4.74 Å². The Morgan fingerprint density at radius 3 is 2.83 bits per heavy atom. The first-order chi connectivity index (χ1) is 10.7. The van der Waals surface area contributed by atoms with Crippen molar-refractivity contribution in [1.82, 2.24) is 5.32 Å². The Labute approximate surface area is 145 Å². The van der Waals surface area contributed by atoms with Crippen molar-refractivity contribution >= 4 is 27.7 Å². The van der Waals surface area contributed by atoms with Crippen LogP contribution in [0.1, 0.15) is 40.0 Å². The molecule has 0 aromatic heterocycles. The van der Waals surface area contributed by atoms with Gasteiger partial charge in [0.15, 0.2) is 0 Å². The maximum atomic E-state index is 13.9. The number of ether oxygens (including phenoxy) is 1. The largest absolute Gasteiger partial charge is 0.444 e. The van der Waals surface area contributed by atoms with Crippen LogP contribution < -0.4 is 10.6 Å². The predicted molar refractivity (Wildman–Crippen MR) is 93.1 cm³/mol. The Hall–Kier alpha value is -1.30. The molecule has 2 atom stereocenters. The van der Waals surface area contributed by atoms with Crippen LogP contribution in [0.4, 0.5) is 14.9 Å². The highest BCUT2D eigenvalue weighted by molar-refractivity contribution is 9.10. The van der Waals surface area contributed by atoms with Crippen LogP contribution in [0.5, 0.6) is 0 Å². The summed E-state index contributed by atoms with van der Waals surface area (Å²) in [5, 5.41) is 6.09. The van der Waals surface area contributed by atoms with Crippen molar-refractivity contribution in [2.75, 3.05) is 11.9 Å². The van der Waals surface area contributed by atoms with Crippen LogP contribution in [0, 0.1) is 11.7 Å². The third kappa shape index (κ3) is 5.68. The van der Waals surface area contributed by atoms with E-state index < -0.39 is 11.7 Å². The predicted octanol–water partition coefficient (Wildman–Crippen LogP) is 4.69. The summed E-state index contributed by atoms with van der Waals surface area (Å²) in [6.45, 7) is 6.04. The lowest BCUT2D eigenvalue weighted by Crippen LogP contribution is -2.38. The summed E-state index contributed by atoms with van der Waals surface area (Å²) < 4.78 is 20.0. The molecule has 1 fully saturated rings. The zero-order valence-electron chi connectivity index (χ0n) is 13.8. The Bertz CT molecular complexity index is 560. The molecule has 1 aromatic carbocycles. The highest BCUT2D eigenvalue weighted by atomic mass is 79.9. The summed E-state index contributed by atoms with van der Waals surface area (Å²) in [5.74, 6) is -0.000138. The topological polar surface area (TPSA) is 50.4 Å². The number of amides is 1. The van der Waals surface area contributed by atoms with Crippen LogP contribution in [-0.4, -0.2) is 24.3 Å². The van der Waals surface area contributed by atoms with Crippen LogP contribution >= 0.6 is 15.9 Å². The number of rotatable bonds is 4. The van der Waals surface area contributed by atoms with Gasteiger partial charge in [-0.3, -0.25) is 0 Å². The van der Waals surface area contributed by atoms with Crippen LogP contribution in [0.2, 0.25) is 0 Å². The molecule has 2 N–H and O–H groups in total. The summed E-state index contributed by atoms with van der Waals surface area (Å²) >= 11 is 3.36. The van der Waals surface area contributed by atoms with Gasteiger partial charge in [-0.15, -0.1) is 0 Å². The lowest BCUT2D eigenvalue weighted by atomic mass is 10.0. The molecule has 0 saturated heterocycles. The van der Waals surface area contributed by atoms with Crippen molar-refractivity contribution in [3.05, 3.63) is 28.5 Å². The summed E-state index contributed by atoms with van der Waals surface area (Å²) in [6, 6.07) is 5.01. The first-order valence-corrected chi connectivity index (χ1v) is 8.72. The molecule has 0 radical (unpaired) electrons. The minimum absolute atomic E-state index is 0.147. The second-order valence-corrected chi connectivity index (χ2v) is 7.86. The molecule has 4 nitrogen and oxygen atoms in total. The lowest BCUT2D eigenvalue weighted by Gasteiger charge is -2.24. The molecule has 6 heteroatoms. The van der Waals surface area contributed by atoms with Gasteiger partial charge >= 0.3 is 6.09 Å². The number of benzene rings is 1. The Morgan fingerprint density at radius 1 is 1.39 bits per heavy atom. The van der Waals surface area contributed by atoms with E-state index in [-0.39, 0.29) is 17.8 Å². The monoisotopic (exact) mass is 386 g/mol. The van der Waals surface area contributed by atoms with Crippen molar-refractivity contribution < 1.29 is 13.9 Å². The zero-order valence-corrected chi connectivity index (χ0v) is 15.4. The maximum absolute atomic E-state index is 13.9. The first kappa shape index (κ1) is 18.0. The molecule has 2 rings (SSSR count). The van der Waals surface area contributed by atoms with Gasteiger partial charge in [0.05, 0.1) is 5.69 Å². The van der Waals surface area contributed by atoms with Gasteiger partial charge in [-0.25, -0.2) is 9.18 Å².